The Morgan fingerprint density at radius 2 is 1.68 bits per heavy atom. The van der Waals surface area contributed by atoms with Crippen LogP contribution in [-0.2, 0) is 30.8 Å². The lowest BCUT2D eigenvalue weighted by Crippen LogP contribution is -2.57. The van der Waals surface area contributed by atoms with Crippen LogP contribution in [0.2, 0.25) is 0 Å². The normalized spacial score (nSPS) is 19.1. The van der Waals surface area contributed by atoms with Crippen LogP contribution in [0.3, 0.4) is 0 Å². The Balaban J connectivity index is 1.47. The van der Waals surface area contributed by atoms with Gasteiger partial charge in [-0.25, -0.2) is 22.8 Å². The highest BCUT2D eigenvalue weighted by Gasteiger charge is 2.51. The summed E-state index contributed by atoms with van der Waals surface area (Å²) in [4.78, 5) is 58.8. The van der Waals surface area contributed by atoms with Gasteiger partial charge in [-0.2, -0.15) is 4.31 Å². The number of esters is 1. The van der Waals surface area contributed by atoms with Gasteiger partial charge in [0.25, 0.3) is 0 Å². The second-order valence-corrected chi connectivity index (χ2v) is 16.2. The summed E-state index contributed by atoms with van der Waals surface area (Å²) in [5, 5.41) is 5.34. The van der Waals surface area contributed by atoms with Gasteiger partial charge in [0.05, 0.1) is 5.88 Å². The zero-order chi connectivity index (χ0) is 34.6. The first-order valence-corrected chi connectivity index (χ1v) is 17.6. The van der Waals surface area contributed by atoms with Gasteiger partial charge >= 0.3 is 18.1 Å². The molecule has 2 atom stereocenters. The number of pyridine rings is 1. The van der Waals surface area contributed by atoms with E-state index < -0.39 is 50.4 Å². The number of thioether (sulfide) groups is 1. The second-order valence-electron chi connectivity index (χ2n) is 12.7. The molecular formula is C31H42N6O8S2. The maximum atomic E-state index is 13.9. The van der Waals surface area contributed by atoms with Crippen molar-refractivity contribution >= 4 is 45.8 Å². The van der Waals surface area contributed by atoms with Crippen LogP contribution in [0.4, 0.5) is 9.59 Å². The molecular weight excluding hydrogens is 649 g/mol. The molecule has 4 amide bonds. The van der Waals surface area contributed by atoms with Gasteiger partial charge in [0.1, 0.15) is 28.3 Å². The fourth-order valence-corrected chi connectivity index (χ4v) is 8.31. The third-order valence-corrected chi connectivity index (χ3v) is 10.9. The van der Waals surface area contributed by atoms with E-state index in [1.165, 1.54) is 41.2 Å². The molecule has 16 heteroatoms. The molecule has 4 rings (SSSR count). The maximum Gasteiger partial charge on any atom is 0.415 e. The first kappa shape index (κ1) is 36.0. The third kappa shape index (κ3) is 8.93. The number of amides is 4. The summed E-state index contributed by atoms with van der Waals surface area (Å²) in [5.74, 6) is -0.984. The number of nitrogens with zero attached hydrogens (tertiary/aromatic N) is 4. The average Bonchev–Trinajstić information content (AvgIpc) is 3.36. The molecule has 256 valence electrons. The van der Waals surface area contributed by atoms with E-state index in [1.807, 2.05) is 0 Å². The lowest BCUT2D eigenvalue weighted by Gasteiger charge is -2.33. The number of urea groups is 1. The Bertz CT molecular complexity index is 1560. The van der Waals surface area contributed by atoms with Gasteiger partial charge in [0.2, 0.25) is 15.9 Å². The Hall–Kier alpha value is -3.89. The van der Waals surface area contributed by atoms with Crippen LogP contribution < -0.4 is 15.4 Å². The van der Waals surface area contributed by atoms with E-state index in [-0.39, 0.29) is 29.0 Å². The van der Waals surface area contributed by atoms with Crippen molar-refractivity contribution in [3.05, 3.63) is 54.4 Å². The van der Waals surface area contributed by atoms with E-state index in [1.54, 1.807) is 70.8 Å². The smallest absolute Gasteiger partial charge is 0.415 e. The zero-order valence-corrected chi connectivity index (χ0v) is 29.0. The number of sulfonamides is 1. The number of nitrogens with one attached hydrogen (secondary N) is 2. The van der Waals surface area contributed by atoms with Crippen molar-refractivity contribution in [2.75, 3.05) is 39.1 Å². The number of rotatable bonds is 8. The van der Waals surface area contributed by atoms with Gasteiger partial charge < -0.3 is 29.9 Å². The third-order valence-electron chi connectivity index (χ3n) is 7.61. The van der Waals surface area contributed by atoms with E-state index in [4.69, 9.17) is 9.47 Å². The number of hydrogen-bond donors (Lipinski definition) is 2. The highest BCUT2D eigenvalue weighted by atomic mass is 32.2. The SMILES string of the molecule is CNC(=O)N1CCN(C(=O)Oc2ccc(C[C@H](NC(=O)C3N(S(=O)(=O)c4cccnc4)CSC3(C)C)C(=O)OC(C)(C)C)cc2)CC1. The molecule has 0 radical (unpaired) electrons. The second kappa shape index (κ2) is 14.5. The molecule has 47 heavy (non-hydrogen) atoms. The van der Waals surface area contributed by atoms with Crippen molar-refractivity contribution in [3.8, 4) is 5.75 Å². The largest absolute Gasteiger partial charge is 0.458 e. The Morgan fingerprint density at radius 3 is 2.26 bits per heavy atom. The molecule has 2 saturated heterocycles. The summed E-state index contributed by atoms with van der Waals surface area (Å²) < 4.78 is 38.6. The van der Waals surface area contributed by atoms with E-state index in [2.05, 4.69) is 15.6 Å². The van der Waals surface area contributed by atoms with Gasteiger partial charge in [-0.3, -0.25) is 9.78 Å². The zero-order valence-electron chi connectivity index (χ0n) is 27.4. The number of hydrogen-bond acceptors (Lipinski definition) is 10. The van der Waals surface area contributed by atoms with Crippen molar-refractivity contribution in [3.63, 3.8) is 0 Å². The number of carbonyl (C=O) groups is 4. The minimum Gasteiger partial charge on any atom is -0.458 e. The fraction of sp³-hybridized carbons (Fsp3) is 0.516. The van der Waals surface area contributed by atoms with Crippen molar-refractivity contribution in [2.45, 2.75) is 68.4 Å². The van der Waals surface area contributed by atoms with E-state index in [0.29, 0.717) is 31.7 Å². The van der Waals surface area contributed by atoms with E-state index in [9.17, 15) is 27.6 Å². The lowest BCUT2D eigenvalue weighted by atomic mass is 10.0. The van der Waals surface area contributed by atoms with Crippen LogP contribution in [0, 0.1) is 0 Å². The summed E-state index contributed by atoms with van der Waals surface area (Å²) in [6, 6.07) is 6.98. The molecule has 2 fully saturated rings. The summed E-state index contributed by atoms with van der Waals surface area (Å²) >= 11 is 1.32. The Kier molecular flexibility index (Phi) is 11.1. The van der Waals surface area contributed by atoms with Gasteiger partial charge in [0.15, 0.2) is 0 Å². The standard InChI is InChI=1S/C31H42N6O8S2/c1-30(2,3)45-27(39)24(34-26(38)25-31(4,5)46-20-37(25)47(42,43)23-8-7-13-33-19-23)18-21-9-11-22(12-10-21)44-29(41)36-16-14-35(15-17-36)28(40)32-6/h7-13,19,24-25H,14-18,20H2,1-6H3,(H,32,40)(H,34,38)/t24-,25?/m0/s1. The van der Waals surface area contributed by atoms with Crippen molar-refractivity contribution in [1.82, 2.24) is 29.7 Å². The highest BCUT2D eigenvalue weighted by Crippen LogP contribution is 2.42. The molecule has 0 spiro atoms. The summed E-state index contributed by atoms with van der Waals surface area (Å²) in [7, 11) is -2.52. The van der Waals surface area contributed by atoms with Crippen molar-refractivity contribution < 1.29 is 37.1 Å². The Morgan fingerprint density at radius 1 is 1.04 bits per heavy atom. The van der Waals surface area contributed by atoms with Gasteiger partial charge in [-0.15, -0.1) is 11.8 Å². The molecule has 1 unspecified atom stereocenters. The molecule has 2 aromatic rings. The highest BCUT2D eigenvalue weighted by molar-refractivity contribution is 8.02. The number of carbonyl (C=O) groups excluding carboxylic acids is 4. The first-order valence-electron chi connectivity index (χ1n) is 15.1. The predicted octanol–water partition coefficient (Wildman–Crippen LogP) is 2.45. The summed E-state index contributed by atoms with van der Waals surface area (Å²) in [6.45, 7) is 10.1. The topological polar surface area (TPSA) is 168 Å². The molecule has 1 aromatic heterocycles. The van der Waals surface area contributed by atoms with Crippen LogP contribution in [-0.4, -0.2) is 113 Å². The Labute approximate surface area is 279 Å². The molecule has 3 heterocycles. The van der Waals surface area contributed by atoms with E-state index >= 15 is 0 Å². The van der Waals surface area contributed by atoms with Gasteiger partial charge in [-0.05, 0) is 64.4 Å². The molecule has 2 N–H and O–H groups in total. The molecule has 0 aliphatic carbocycles. The average molecular weight is 691 g/mol. The first-order chi connectivity index (χ1) is 22.0. The monoisotopic (exact) mass is 690 g/mol. The van der Waals surface area contributed by atoms with Crippen LogP contribution in [0.5, 0.6) is 5.75 Å². The number of benzene rings is 1. The molecule has 1 aromatic carbocycles. The fourth-order valence-electron chi connectivity index (χ4n) is 5.18. The molecule has 0 saturated carbocycles. The number of aromatic nitrogens is 1. The van der Waals surface area contributed by atoms with Crippen LogP contribution in [0.15, 0.2) is 53.7 Å². The van der Waals surface area contributed by atoms with Crippen LogP contribution >= 0.6 is 11.8 Å². The van der Waals surface area contributed by atoms with Crippen molar-refractivity contribution in [1.29, 1.82) is 0 Å². The lowest BCUT2D eigenvalue weighted by molar-refractivity contribution is -0.158. The number of piperazine rings is 1. The van der Waals surface area contributed by atoms with Gasteiger partial charge in [-0.1, -0.05) is 12.1 Å². The summed E-state index contributed by atoms with van der Waals surface area (Å²) in [5.41, 5.74) is -0.206. The molecule has 14 nitrogen and oxygen atoms in total. The minimum atomic E-state index is -4.07. The predicted molar refractivity (Wildman–Crippen MR) is 175 cm³/mol. The quantitative estimate of drug-likeness (QED) is 0.393. The molecule has 2 aliphatic rings. The summed E-state index contributed by atoms with van der Waals surface area (Å²) in [6.07, 6.45) is 2.19. The maximum absolute atomic E-state index is 13.9. The van der Waals surface area contributed by atoms with Crippen LogP contribution in [0.25, 0.3) is 0 Å². The van der Waals surface area contributed by atoms with E-state index in [0.717, 1.165) is 4.31 Å². The molecule has 2 aliphatic heterocycles. The van der Waals surface area contributed by atoms with Crippen LogP contribution in [0.1, 0.15) is 40.2 Å². The van der Waals surface area contributed by atoms with Gasteiger partial charge in [0, 0.05) is 56.8 Å². The van der Waals surface area contributed by atoms with Crippen molar-refractivity contribution in [2.24, 2.45) is 0 Å². The minimum absolute atomic E-state index is 0.0337. The molecule has 0 bridgehead atoms. The number of ether oxygens (including phenoxy) is 2.